The van der Waals surface area contributed by atoms with E-state index in [9.17, 15) is 4.79 Å². The van der Waals surface area contributed by atoms with Crippen LogP contribution in [-0.2, 0) is 17.6 Å². The van der Waals surface area contributed by atoms with E-state index in [2.05, 4.69) is 11.4 Å². The number of carbonyl (C=O) groups excluding carboxylic acids is 1. The molecule has 5 heteroatoms. The largest absolute Gasteiger partial charge is 0.481 e. The van der Waals surface area contributed by atoms with Crippen molar-refractivity contribution in [3.63, 3.8) is 0 Å². The van der Waals surface area contributed by atoms with Gasteiger partial charge in [0.1, 0.15) is 5.75 Å². The van der Waals surface area contributed by atoms with Gasteiger partial charge in [-0.25, -0.2) is 0 Å². The Bertz CT molecular complexity index is 761. The number of amides is 1. The van der Waals surface area contributed by atoms with Gasteiger partial charge in [0.05, 0.1) is 10.0 Å². The summed E-state index contributed by atoms with van der Waals surface area (Å²) in [5.41, 5.74) is 3.16. The molecule has 126 valence electrons. The van der Waals surface area contributed by atoms with Gasteiger partial charge < -0.3 is 10.1 Å². The van der Waals surface area contributed by atoms with Crippen molar-refractivity contribution in [1.29, 1.82) is 0 Å². The smallest absolute Gasteiger partial charge is 0.265 e. The van der Waals surface area contributed by atoms with Gasteiger partial charge in [-0.15, -0.1) is 0 Å². The molecular formula is C19H19Cl2NO2. The Morgan fingerprint density at radius 3 is 2.71 bits per heavy atom. The molecule has 0 aromatic heterocycles. The van der Waals surface area contributed by atoms with Crippen LogP contribution in [0.4, 0.5) is 5.69 Å². The Kier molecular flexibility index (Phi) is 5.32. The first kappa shape index (κ1) is 17.1. The third-order valence-electron chi connectivity index (χ3n) is 4.21. The monoisotopic (exact) mass is 363 g/mol. The average Bonchev–Trinajstić information content (AvgIpc) is 2.58. The maximum atomic E-state index is 12.4. The summed E-state index contributed by atoms with van der Waals surface area (Å²) >= 11 is 11.9. The van der Waals surface area contributed by atoms with Crippen molar-refractivity contribution in [3.8, 4) is 5.75 Å². The number of hydrogen-bond acceptors (Lipinski definition) is 2. The lowest BCUT2D eigenvalue weighted by molar-refractivity contribution is -0.122. The van der Waals surface area contributed by atoms with Crippen LogP contribution in [0.15, 0.2) is 36.4 Å². The summed E-state index contributed by atoms with van der Waals surface area (Å²) in [6, 6.07) is 11.1. The molecule has 3 rings (SSSR count). The van der Waals surface area contributed by atoms with E-state index in [4.69, 9.17) is 27.9 Å². The molecule has 2 aromatic rings. The van der Waals surface area contributed by atoms with E-state index in [1.807, 2.05) is 12.1 Å². The van der Waals surface area contributed by atoms with E-state index in [1.165, 1.54) is 17.5 Å². The van der Waals surface area contributed by atoms with Crippen LogP contribution in [0.25, 0.3) is 0 Å². The van der Waals surface area contributed by atoms with Gasteiger partial charge in [-0.3, -0.25) is 4.79 Å². The molecule has 3 nitrogen and oxygen atoms in total. The average molecular weight is 364 g/mol. The van der Waals surface area contributed by atoms with E-state index >= 15 is 0 Å². The summed E-state index contributed by atoms with van der Waals surface area (Å²) in [6.07, 6.45) is 3.86. The zero-order valence-electron chi connectivity index (χ0n) is 13.4. The highest BCUT2D eigenvalue weighted by Crippen LogP contribution is 2.30. The van der Waals surface area contributed by atoms with Crippen molar-refractivity contribution in [2.45, 2.75) is 38.7 Å². The van der Waals surface area contributed by atoms with Crippen LogP contribution in [-0.4, -0.2) is 12.0 Å². The molecule has 0 aliphatic heterocycles. The molecule has 1 unspecified atom stereocenters. The molecule has 1 amide bonds. The summed E-state index contributed by atoms with van der Waals surface area (Å²) in [7, 11) is 0. The maximum absolute atomic E-state index is 12.4. The number of aryl methyl sites for hydroxylation is 1. The molecule has 0 spiro atoms. The Morgan fingerprint density at radius 1 is 1.12 bits per heavy atom. The van der Waals surface area contributed by atoms with Crippen LogP contribution < -0.4 is 10.1 Å². The maximum Gasteiger partial charge on any atom is 0.265 e. The molecule has 0 fully saturated rings. The molecule has 1 aliphatic rings. The van der Waals surface area contributed by atoms with Crippen LogP contribution in [0.1, 0.15) is 30.9 Å². The standard InChI is InChI=1S/C19H19Cl2NO2/c1-12(19(23)22-14-9-10-16(20)17(21)11-14)24-18-8-4-6-13-5-2-3-7-15(13)18/h4,6,8-12H,2-3,5,7H2,1H3,(H,22,23). The molecule has 0 bridgehead atoms. The summed E-state index contributed by atoms with van der Waals surface area (Å²) < 4.78 is 5.93. The molecular weight excluding hydrogens is 345 g/mol. The van der Waals surface area contributed by atoms with E-state index in [0.29, 0.717) is 15.7 Å². The Morgan fingerprint density at radius 2 is 1.92 bits per heavy atom. The van der Waals surface area contributed by atoms with Gasteiger partial charge >= 0.3 is 0 Å². The number of nitrogens with one attached hydrogen (secondary N) is 1. The SMILES string of the molecule is CC(Oc1cccc2c1CCCC2)C(=O)Nc1ccc(Cl)c(Cl)c1. The molecule has 1 N–H and O–H groups in total. The summed E-state index contributed by atoms with van der Waals surface area (Å²) in [5, 5.41) is 3.66. The first-order valence-corrected chi connectivity index (χ1v) is 8.83. The van der Waals surface area contributed by atoms with Crippen molar-refractivity contribution >= 4 is 34.8 Å². The highest BCUT2D eigenvalue weighted by atomic mass is 35.5. The fourth-order valence-electron chi connectivity index (χ4n) is 2.92. The van der Waals surface area contributed by atoms with Crippen molar-refractivity contribution in [2.24, 2.45) is 0 Å². The van der Waals surface area contributed by atoms with Crippen LogP contribution in [0, 0.1) is 0 Å². The predicted molar refractivity (Wildman–Crippen MR) is 98.3 cm³/mol. The van der Waals surface area contributed by atoms with Crippen molar-refractivity contribution in [1.82, 2.24) is 0 Å². The summed E-state index contributed by atoms with van der Waals surface area (Å²) in [4.78, 5) is 12.4. The number of benzene rings is 2. The number of rotatable bonds is 4. The molecule has 2 aromatic carbocycles. The highest BCUT2D eigenvalue weighted by Gasteiger charge is 2.19. The fourth-order valence-corrected chi connectivity index (χ4v) is 3.22. The normalized spacial score (nSPS) is 14.6. The minimum Gasteiger partial charge on any atom is -0.481 e. The third kappa shape index (κ3) is 3.85. The third-order valence-corrected chi connectivity index (χ3v) is 4.95. The minimum atomic E-state index is -0.604. The first-order valence-electron chi connectivity index (χ1n) is 8.08. The van der Waals surface area contributed by atoms with Crippen LogP contribution in [0.5, 0.6) is 5.75 Å². The fraction of sp³-hybridized carbons (Fsp3) is 0.316. The number of anilines is 1. The lowest BCUT2D eigenvalue weighted by Crippen LogP contribution is -2.30. The Balaban J connectivity index is 1.69. The molecule has 0 radical (unpaired) electrons. The number of fused-ring (bicyclic) bond motifs is 1. The second kappa shape index (κ2) is 7.45. The van der Waals surface area contributed by atoms with Crippen molar-refractivity contribution < 1.29 is 9.53 Å². The number of carbonyl (C=O) groups is 1. The topological polar surface area (TPSA) is 38.3 Å². The van der Waals surface area contributed by atoms with Gasteiger partial charge in [-0.2, -0.15) is 0 Å². The van der Waals surface area contributed by atoms with Gasteiger partial charge in [0.2, 0.25) is 0 Å². The number of halogens is 2. The first-order chi connectivity index (χ1) is 11.5. The predicted octanol–water partition coefficient (Wildman–Crippen LogP) is 5.28. The van der Waals surface area contributed by atoms with Gasteiger partial charge in [0.25, 0.3) is 5.91 Å². The lowest BCUT2D eigenvalue weighted by atomic mass is 9.91. The van der Waals surface area contributed by atoms with Gasteiger partial charge in [-0.05, 0) is 68.0 Å². The molecule has 0 saturated heterocycles. The van der Waals surface area contributed by atoms with Gasteiger partial charge in [0.15, 0.2) is 6.10 Å². The van der Waals surface area contributed by atoms with Crippen LogP contribution in [0.3, 0.4) is 0 Å². The van der Waals surface area contributed by atoms with E-state index in [0.717, 1.165) is 25.0 Å². The molecule has 24 heavy (non-hydrogen) atoms. The number of ether oxygens (including phenoxy) is 1. The second-order valence-electron chi connectivity index (χ2n) is 5.98. The molecule has 1 atom stereocenters. The zero-order valence-corrected chi connectivity index (χ0v) is 15.0. The zero-order chi connectivity index (χ0) is 17.1. The molecule has 1 aliphatic carbocycles. The minimum absolute atomic E-state index is 0.221. The van der Waals surface area contributed by atoms with Crippen molar-refractivity contribution in [2.75, 3.05) is 5.32 Å². The van der Waals surface area contributed by atoms with Crippen LogP contribution in [0.2, 0.25) is 10.0 Å². The van der Waals surface area contributed by atoms with E-state index in [1.54, 1.807) is 25.1 Å². The second-order valence-corrected chi connectivity index (χ2v) is 6.79. The highest BCUT2D eigenvalue weighted by molar-refractivity contribution is 6.42. The van der Waals surface area contributed by atoms with Crippen LogP contribution >= 0.6 is 23.2 Å². The summed E-state index contributed by atoms with van der Waals surface area (Å²) in [5.74, 6) is 0.589. The molecule has 0 heterocycles. The van der Waals surface area contributed by atoms with E-state index < -0.39 is 6.10 Å². The van der Waals surface area contributed by atoms with Gasteiger partial charge in [0, 0.05) is 5.69 Å². The Hall–Kier alpha value is -1.71. The van der Waals surface area contributed by atoms with Gasteiger partial charge in [-0.1, -0.05) is 35.3 Å². The number of hydrogen-bond donors (Lipinski definition) is 1. The Labute approximate surface area is 151 Å². The van der Waals surface area contributed by atoms with E-state index in [-0.39, 0.29) is 5.91 Å². The van der Waals surface area contributed by atoms with Crippen molar-refractivity contribution in [3.05, 3.63) is 57.6 Å². The molecule has 0 saturated carbocycles. The quantitative estimate of drug-likeness (QED) is 0.802. The lowest BCUT2D eigenvalue weighted by Gasteiger charge is -2.22. The summed E-state index contributed by atoms with van der Waals surface area (Å²) in [6.45, 7) is 1.75.